The van der Waals surface area contributed by atoms with Gasteiger partial charge in [-0.1, -0.05) is 13.8 Å². The molecule has 0 aliphatic carbocycles. The predicted octanol–water partition coefficient (Wildman–Crippen LogP) is 1.24. The van der Waals surface area contributed by atoms with Gasteiger partial charge in [-0.05, 0) is 30.9 Å². The second-order valence-corrected chi connectivity index (χ2v) is 6.53. The number of nitrogens with one attached hydrogen (secondary N) is 1. The average molecular weight is 333 g/mol. The highest BCUT2D eigenvalue weighted by Crippen LogP contribution is 2.35. The van der Waals surface area contributed by atoms with Crippen molar-refractivity contribution in [1.82, 2.24) is 14.5 Å². The van der Waals surface area contributed by atoms with Crippen LogP contribution in [0.2, 0.25) is 0 Å². The summed E-state index contributed by atoms with van der Waals surface area (Å²) in [7, 11) is 3.32. The van der Waals surface area contributed by atoms with E-state index in [-0.39, 0.29) is 17.5 Å². The number of aliphatic hydroxyl groups is 1. The molecular formula is C17H23N3O4. The van der Waals surface area contributed by atoms with Crippen LogP contribution in [0.4, 0.5) is 0 Å². The van der Waals surface area contributed by atoms with Crippen molar-refractivity contribution in [2.75, 3.05) is 7.11 Å². The topological polar surface area (TPSA) is 85.5 Å². The molecule has 2 unspecified atom stereocenters. The summed E-state index contributed by atoms with van der Waals surface area (Å²) in [6.45, 7) is 4.09. The van der Waals surface area contributed by atoms with E-state index in [1.54, 1.807) is 18.7 Å². The number of hydrogen-bond acceptors (Lipinski definition) is 4. The number of aryl methyl sites for hydroxylation is 1. The lowest BCUT2D eigenvalue weighted by Gasteiger charge is -2.26. The van der Waals surface area contributed by atoms with Crippen LogP contribution < -0.4 is 15.7 Å². The molecule has 2 atom stereocenters. The molecule has 7 nitrogen and oxygen atoms in total. The maximum absolute atomic E-state index is 12.8. The van der Waals surface area contributed by atoms with E-state index in [2.05, 4.69) is 5.32 Å². The van der Waals surface area contributed by atoms with Crippen LogP contribution in [0, 0.1) is 0 Å². The zero-order valence-electron chi connectivity index (χ0n) is 14.4. The molecule has 1 fully saturated rings. The van der Waals surface area contributed by atoms with Gasteiger partial charge in [-0.2, -0.15) is 0 Å². The molecule has 1 saturated heterocycles. The Balaban J connectivity index is 2.28. The van der Waals surface area contributed by atoms with Gasteiger partial charge in [-0.3, -0.25) is 13.9 Å². The van der Waals surface area contributed by atoms with Gasteiger partial charge in [0.15, 0.2) is 0 Å². The van der Waals surface area contributed by atoms with E-state index >= 15 is 0 Å². The van der Waals surface area contributed by atoms with Gasteiger partial charge in [0.25, 0.3) is 0 Å². The molecule has 0 spiro atoms. The standard InChI is InChI=1S/C17H23N3O4/c1-9(2)14-12(24-4)7-5-10-15(14)19(3)17(23)20(10)11-6-8-13(21)18-16(11)22/h5,7,9,11,13,21H,6,8H2,1-4H3,(H,18,22). The summed E-state index contributed by atoms with van der Waals surface area (Å²) >= 11 is 0. The molecule has 7 heteroatoms. The quantitative estimate of drug-likeness (QED) is 0.885. The number of carbonyl (C=O) groups is 1. The highest BCUT2D eigenvalue weighted by atomic mass is 16.5. The van der Waals surface area contributed by atoms with Crippen molar-refractivity contribution in [3.8, 4) is 5.75 Å². The minimum atomic E-state index is -0.842. The van der Waals surface area contributed by atoms with Gasteiger partial charge in [-0.25, -0.2) is 4.79 Å². The third-order valence-electron chi connectivity index (χ3n) is 4.68. The van der Waals surface area contributed by atoms with Crippen LogP contribution in [0.5, 0.6) is 5.75 Å². The van der Waals surface area contributed by atoms with Crippen molar-refractivity contribution in [3.63, 3.8) is 0 Å². The number of benzene rings is 1. The molecule has 0 saturated carbocycles. The lowest BCUT2D eigenvalue weighted by atomic mass is 9.99. The maximum Gasteiger partial charge on any atom is 0.329 e. The Kier molecular flexibility index (Phi) is 4.13. The van der Waals surface area contributed by atoms with Crippen LogP contribution in [-0.4, -0.2) is 33.5 Å². The Labute approximate surface area is 139 Å². The molecular weight excluding hydrogens is 310 g/mol. The fourth-order valence-electron chi connectivity index (χ4n) is 3.55. The monoisotopic (exact) mass is 333 g/mol. The first kappa shape index (κ1) is 16.6. The number of nitrogens with zero attached hydrogens (tertiary/aromatic N) is 2. The van der Waals surface area contributed by atoms with Crippen molar-refractivity contribution in [2.45, 2.75) is 44.9 Å². The Hall–Kier alpha value is -2.28. The van der Waals surface area contributed by atoms with E-state index in [4.69, 9.17) is 4.74 Å². The Morgan fingerprint density at radius 3 is 2.58 bits per heavy atom. The highest BCUT2D eigenvalue weighted by molar-refractivity contribution is 5.87. The summed E-state index contributed by atoms with van der Waals surface area (Å²) in [5, 5.41) is 12.1. The fraction of sp³-hybridized carbons (Fsp3) is 0.529. The number of imidazole rings is 1. The highest BCUT2D eigenvalue weighted by Gasteiger charge is 2.32. The van der Waals surface area contributed by atoms with Crippen LogP contribution in [0.15, 0.2) is 16.9 Å². The van der Waals surface area contributed by atoms with Gasteiger partial charge < -0.3 is 15.2 Å². The summed E-state index contributed by atoms with van der Waals surface area (Å²) in [6, 6.07) is 3.04. The molecule has 3 rings (SSSR count). The van der Waals surface area contributed by atoms with Crippen molar-refractivity contribution in [2.24, 2.45) is 7.05 Å². The van der Waals surface area contributed by atoms with Crippen LogP contribution in [0.25, 0.3) is 11.0 Å². The molecule has 0 bridgehead atoms. The molecule has 130 valence electrons. The largest absolute Gasteiger partial charge is 0.496 e. The predicted molar refractivity (Wildman–Crippen MR) is 90.2 cm³/mol. The molecule has 1 aliphatic rings. The minimum Gasteiger partial charge on any atom is -0.496 e. The second kappa shape index (κ2) is 5.98. The van der Waals surface area contributed by atoms with E-state index in [0.717, 1.165) is 16.8 Å². The lowest BCUT2D eigenvalue weighted by Crippen LogP contribution is -2.46. The number of methoxy groups -OCH3 is 1. The molecule has 1 aromatic heterocycles. The number of fused-ring (bicyclic) bond motifs is 1. The van der Waals surface area contributed by atoms with Gasteiger partial charge in [-0.15, -0.1) is 0 Å². The molecule has 2 aromatic rings. The van der Waals surface area contributed by atoms with Gasteiger partial charge in [0.05, 0.1) is 18.1 Å². The van der Waals surface area contributed by atoms with E-state index in [9.17, 15) is 14.7 Å². The van der Waals surface area contributed by atoms with E-state index in [1.165, 1.54) is 4.57 Å². The molecule has 2 heterocycles. The van der Waals surface area contributed by atoms with Crippen LogP contribution >= 0.6 is 0 Å². The smallest absolute Gasteiger partial charge is 0.329 e. The van der Waals surface area contributed by atoms with Gasteiger partial charge in [0.1, 0.15) is 18.0 Å². The third kappa shape index (κ3) is 2.39. The molecule has 2 N–H and O–H groups in total. The van der Waals surface area contributed by atoms with Crippen molar-refractivity contribution >= 4 is 16.9 Å². The number of aliphatic hydroxyl groups excluding tert-OH is 1. The second-order valence-electron chi connectivity index (χ2n) is 6.53. The van der Waals surface area contributed by atoms with Crippen LogP contribution in [0.1, 0.15) is 44.2 Å². The Morgan fingerprint density at radius 2 is 2.00 bits per heavy atom. The fourth-order valence-corrected chi connectivity index (χ4v) is 3.55. The first-order chi connectivity index (χ1) is 11.4. The first-order valence-electron chi connectivity index (χ1n) is 8.13. The van der Waals surface area contributed by atoms with Gasteiger partial charge in [0.2, 0.25) is 5.91 Å². The number of amides is 1. The number of hydrogen-bond donors (Lipinski definition) is 2. The average Bonchev–Trinajstić information content (AvgIpc) is 2.78. The van der Waals surface area contributed by atoms with Crippen LogP contribution in [-0.2, 0) is 11.8 Å². The summed E-state index contributed by atoms with van der Waals surface area (Å²) in [6.07, 6.45) is 0.00680. The maximum atomic E-state index is 12.8. The summed E-state index contributed by atoms with van der Waals surface area (Å²) in [5.41, 5.74) is 2.21. The molecule has 1 aliphatic heterocycles. The lowest BCUT2D eigenvalue weighted by molar-refractivity contribution is -0.130. The molecule has 1 aromatic carbocycles. The van der Waals surface area contributed by atoms with Gasteiger partial charge >= 0.3 is 5.69 Å². The first-order valence-corrected chi connectivity index (χ1v) is 8.13. The summed E-state index contributed by atoms with van der Waals surface area (Å²) in [4.78, 5) is 25.1. The zero-order chi connectivity index (χ0) is 17.6. The SMILES string of the molecule is COc1ccc2c(c1C(C)C)n(C)c(=O)n2C1CCC(O)NC1=O. The van der Waals surface area contributed by atoms with E-state index in [1.807, 2.05) is 26.0 Å². The third-order valence-corrected chi connectivity index (χ3v) is 4.68. The van der Waals surface area contributed by atoms with Crippen molar-refractivity contribution < 1.29 is 14.6 Å². The number of ether oxygens (including phenoxy) is 1. The number of rotatable bonds is 3. The van der Waals surface area contributed by atoms with E-state index in [0.29, 0.717) is 18.4 Å². The normalized spacial score (nSPS) is 21.3. The van der Waals surface area contributed by atoms with Gasteiger partial charge in [0, 0.05) is 12.6 Å². The van der Waals surface area contributed by atoms with Crippen molar-refractivity contribution in [3.05, 3.63) is 28.2 Å². The molecule has 0 radical (unpaired) electrons. The van der Waals surface area contributed by atoms with Crippen molar-refractivity contribution in [1.29, 1.82) is 0 Å². The van der Waals surface area contributed by atoms with E-state index < -0.39 is 12.3 Å². The van der Waals surface area contributed by atoms with Crippen LogP contribution in [0.3, 0.4) is 0 Å². The number of piperidine rings is 1. The Morgan fingerprint density at radius 1 is 1.29 bits per heavy atom. The summed E-state index contributed by atoms with van der Waals surface area (Å²) in [5.74, 6) is 0.561. The number of aromatic nitrogens is 2. The zero-order valence-corrected chi connectivity index (χ0v) is 14.4. The minimum absolute atomic E-state index is 0.159. The number of carbonyl (C=O) groups excluding carboxylic acids is 1. The molecule has 1 amide bonds. The molecule has 24 heavy (non-hydrogen) atoms. The summed E-state index contributed by atoms with van der Waals surface area (Å²) < 4.78 is 8.57. The Bertz CT molecular complexity index is 850.